The van der Waals surface area contributed by atoms with Crippen LogP contribution >= 0.6 is 12.2 Å². The summed E-state index contributed by atoms with van der Waals surface area (Å²) in [6.45, 7) is 5.70. The second-order valence-corrected chi connectivity index (χ2v) is 9.43. The Labute approximate surface area is 190 Å². The maximum atomic E-state index is 14.6. The second kappa shape index (κ2) is 8.21. The fraction of sp³-hybridized carbons (Fsp3) is 0.476. The van der Waals surface area contributed by atoms with E-state index in [1.54, 1.807) is 4.68 Å². The third-order valence-corrected chi connectivity index (χ3v) is 6.64. The normalized spacial score (nSPS) is 22.5. The highest BCUT2D eigenvalue weighted by atomic mass is 32.1. The molecule has 2 unspecified atom stereocenters. The minimum atomic E-state index is -0.453. The predicted octanol–water partition coefficient (Wildman–Crippen LogP) is 3.81. The number of fused-ring (bicyclic) bond motifs is 1. The zero-order valence-electron chi connectivity index (χ0n) is 18.0. The largest absolute Gasteiger partial charge is 0.365 e. The number of aromatic amines is 1. The van der Waals surface area contributed by atoms with Gasteiger partial charge in [0.1, 0.15) is 0 Å². The predicted molar refractivity (Wildman–Crippen MR) is 122 cm³/mol. The molecule has 3 N–H and O–H groups in total. The van der Waals surface area contributed by atoms with Crippen LogP contribution in [0, 0.1) is 10.6 Å². The van der Waals surface area contributed by atoms with Gasteiger partial charge >= 0.3 is 0 Å². The molecular formula is C21H26FN9S. The van der Waals surface area contributed by atoms with Crippen LogP contribution in [0.3, 0.4) is 0 Å². The van der Waals surface area contributed by atoms with Gasteiger partial charge in [-0.1, -0.05) is 16.4 Å². The fourth-order valence-corrected chi connectivity index (χ4v) is 5.25. The van der Waals surface area contributed by atoms with Gasteiger partial charge in [0.25, 0.3) is 0 Å². The highest BCUT2D eigenvalue weighted by molar-refractivity contribution is 7.71. The van der Waals surface area contributed by atoms with E-state index in [0.717, 1.165) is 30.8 Å². The summed E-state index contributed by atoms with van der Waals surface area (Å²) in [5.74, 6) is 0.0895. The molecule has 2 atom stereocenters. The molecule has 168 valence electrons. The Hall–Kier alpha value is -2.92. The Morgan fingerprint density at radius 3 is 3.00 bits per heavy atom. The molecule has 2 saturated heterocycles. The number of H-pyrrole nitrogens is 1. The Bertz CT molecular complexity index is 1170. The first-order valence-corrected chi connectivity index (χ1v) is 11.2. The number of nitrogens with one attached hydrogen (secondary N) is 3. The summed E-state index contributed by atoms with van der Waals surface area (Å²) in [4.78, 5) is 11.1. The molecule has 5 rings (SSSR count). The monoisotopic (exact) mass is 455 g/mol. The number of anilines is 3. The van der Waals surface area contributed by atoms with Crippen molar-refractivity contribution in [2.45, 2.75) is 57.2 Å². The average Bonchev–Trinajstić information content (AvgIpc) is 3.40. The van der Waals surface area contributed by atoms with Gasteiger partial charge < -0.3 is 10.6 Å². The smallest absolute Gasteiger partial charge is 0.242 e. The van der Waals surface area contributed by atoms with E-state index in [4.69, 9.17) is 12.2 Å². The van der Waals surface area contributed by atoms with Crippen molar-refractivity contribution in [2.24, 2.45) is 0 Å². The van der Waals surface area contributed by atoms with Gasteiger partial charge in [-0.3, -0.25) is 4.90 Å². The van der Waals surface area contributed by atoms with E-state index < -0.39 is 5.82 Å². The molecule has 0 amide bonds. The molecule has 32 heavy (non-hydrogen) atoms. The van der Waals surface area contributed by atoms with Crippen molar-refractivity contribution in [2.75, 3.05) is 17.2 Å². The molecule has 9 nitrogen and oxygen atoms in total. The lowest BCUT2D eigenvalue weighted by Crippen LogP contribution is -2.55. The van der Waals surface area contributed by atoms with Gasteiger partial charge in [0.15, 0.2) is 11.6 Å². The molecule has 2 fully saturated rings. The topological polar surface area (TPSA) is 99.6 Å². The second-order valence-electron chi connectivity index (χ2n) is 9.07. The summed E-state index contributed by atoms with van der Waals surface area (Å²) in [7, 11) is 0. The fourth-order valence-electron chi connectivity index (χ4n) is 5.06. The molecule has 1 aromatic carbocycles. The van der Waals surface area contributed by atoms with Crippen LogP contribution in [0.4, 0.5) is 21.8 Å². The number of tetrazole rings is 1. The van der Waals surface area contributed by atoms with Crippen LogP contribution in [0.15, 0.2) is 30.5 Å². The van der Waals surface area contributed by atoms with Gasteiger partial charge in [0.05, 0.1) is 11.9 Å². The van der Waals surface area contributed by atoms with Gasteiger partial charge in [-0.2, -0.15) is 10.2 Å². The first kappa shape index (κ1) is 21.0. The average molecular weight is 456 g/mol. The number of piperidine rings is 1. The number of halogens is 1. The summed E-state index contributed by atoms with van der Waals surface area (Å²) < 4.78 is 16.5. The van der Waals surface area contributed by atoms with Crippen LogP contribution < -0.4 is 10.6 Å². The van der Waals surface area contributed by atoms with Gasteiger partial charge in [0, 0.05) is 23.3 Å². The number of aromatic nitrogens is 6. The summed E-state index contributed by atoms with van der Waals surface area (Å²) in [6.07, 6.45) is 5.57. The van der Waals surface area contributed by atoms with Gasteiger partial charge in [-0.25, -0.2) is 14.1 Å². The Kier molecular flexibility index (Phi) is 5.38. The van der Waals surface area contributed by atoms with E-state index in [9.17, 15) is 4.39 Å². The van der Waals surface area contributed by atoms with Crippen molar-refractivity contribution in [1.29, 1.82) is 0 Å². The third kappa shape index (κ3) is 4.09. The molecule has 3 aromatic rings. The lowest BCUT2D eigenvalue weighted by atomic mass is 9.84. The van der Waals surface area contributed by atoms with Gasteiger partial charge in [-0.05, 0) is 76.5 Å². The highest BCUT2D eigenvalue weighted by Crippen LogP contribution is 2.38. The number of rotatable bonds is 5. The maximum Gasteiger partial charge on any atom is 0.242 e. The Balaban J connectivity index is 1.34. The third-order valence-electron chi connectivity index (χ3n) is 6.37. The zero-order chi connectivity index (χ0) is 22.3. The molecule has 0 spiro atoms. The summed E-state index contributed by atoms with van der Waals surface area (Å²) in [6, 6.07) is 8.17. The minimum Gasteiger partial charge on any atom is -0.365 e. The summed E-state index contributed by atoms with van der Waals surface area (Å²) in [5, 5.41) is 16.7. The van der Waals surface area contributed by atoms with Crippen LogP contribution in [-0.2, 0) is 0 Å². The summed E-state index contributed by atoms with van der Waals surface area (Å²) >= 11 is 5.15. The Morgan fingerprint density at radius 2 is 2.19 bits per heavy atom. The quantitative estimate of drug-likeness (QED) is 0.500. The molecule has 2 aliphatic heterocycles. The minimum absolute atomic E-state index is 0.0882. The molecule has 0 radical (unpaired) electrons. The van der Waals surface area contributed by atoms with Gasteiger partial charge in [0.2, 0.25) is 10.7 Å². The molecule has 4 heterocycles. The number of hydrogen-bond acceptors (Lipinski definition) is 8. The molecule has 0 aliphatic carbocycles. The van der Waals surface area contributed by atoms with Crippen LogP contribution in [0.5, 0.6) is 0 Å². The molecule has 2 aliphatic rings. The molecule has 11 heteroatoms. The van der Waals surface area contributed by atoms with E-state index in [2.05, 4.69) is 54.9 Å². The lowest BCUT2D eigenvalue weighted by Gasteiger charge is -2.47. The Morgan fingerprint density at radius 1 is 1.31 bits per heavy atom. The number of hydrogen-bond donors (Lipinski definition) is 3. The molecular weight excluding hydrogens is 429 g/mol. The van der Waals surface area contributed by atoms with E-state index in [-0.39, 0.29) is 17.4 Å². The van der Waals surface area contributed by atoms with Crippen LogP contribution in [0.2, 0.25) is 0 Å². The van der Waals surface area contributed by atoms with Crippen molar-refractivity contribution in [3.63, 3.8) is 0 Å². The number of benzene rings is 1. The van der Waals surface area contributed by atoms with Crippen LogP contribution in [0.1, 0.15) is 39.5 Å². The van der Waals surface area contributed by atoms with E-state index in [1.807, 2.05) is 24.3 Å². The van der Waals surface area contributed by atoms with Crippen LogP contribution in [-0.4, -0.2) is 59.2 Å². The van der Waals surface area contributed by atoms with Crippen LogP contribution in [0.25, 0.3) is 5.69 Å². The standard InChI is InChI=1S/C21H26FN9S/c1-21(2)11-14(10-15-7-4-8-30(15)21)24-18-17(22)12-23-19(26-18)25-13-5-3-6-16(9-13)31-20(32)27-28-29-31/h3,5-6,9,12,14-15H,4,7-8,10-11H2,1-2H3,(H,27,29,32)(H2,23,24,25,26). The molecule has 2 aromatic heterocycles. The van der Waals surface area contributed by atoms with E-state index >= 15 is 0 Å². The molecule has 0 saturated carbocycles. The first-order chi connectivity index (χ1) is 15.4. The van der Waals surface area contributed by atoms with E-state index in [0.29, 0.717) is 16.8 Å². The maximum absolute atomic E-state index is 14.6. The summed E-state index contributed by atoms with van der Waals surface area (Å²) in [5.41, 5.74) is 1.58. The molecule has 0 bridgehead atoms. The van der Waals surface area contributed by atoms with Crippen molar-refractivity contribution >= 4 is 29.7 Å². The van der Waals surface area contributed by atoms with Crippen molar-refractivity contribution in [3.05, 3.63) is 41.1 Å². The van der Waals surface area contributed by atoms with Crippen molar-refractivity contribution in [3.8, 4) is 5.69 Å². The number of nitrogens with zero attached hydrogens (tertiary/aromatic N) is 6. The lowest BCUT2D eigenvalue weighted by molar-refractivity contribution is 0.0500. The van der Waals surface area contributed by atoms with Gasteiger partial charge in [-0.15, -0.1) is 0 Å². The zero-order valence-corrected chi connectivity index (χ0v) is 18.9. The van der Waals surface area contributed by atoms with E-state index in [1.165, 1.54) is 19.0 Å². The SMILES string of the molecule is CC1(C)CC(Nc2nc(Nc3cccc(-n4[nH]nnc4=S)c3)ncc2F)CC2CCCN21. The van der Waals surface area contributed by atoms with Crippen molar-refractivity contribution in [1.82, 2.24) is 35.1 Å². The first-order valence-electron chi connectivity index (χ1n) is 10.8. The van der Waals surface area contributed by atoms with Crippen molar-refractivity contribution < 1.29 is 4.39 Å². The highest BCUT2D eigenvalue weighted by Gasteiger charge is 2.43.